The summed E-state index contributed by atoms with van der Waals surface area (Å²) >= 11 is 0. The van der Waals surface area contributed by atoms with Gasteiger partial charge in [0, 0.05) is 16.7 Å². The lowest BCUT2D eigenvalue weighted by Gasteiger charge is -2.26. The number of hydrogen-bond acceptors (Lipinski definition) is 7. The van der Waals surface area contributed by atoms with Crippen LogP contribution < -0.4 is 0 Å². The van der Waals surface area contributed by atoms with E-state index >= 15 is 0 Å². The van der Waals surface area contributed by atoms with E-state index in [0.717, 1.165) is 0 Å². The Morgan fingerprint density at radius 3 is 2.10 bits per heavy atom. The Labute approximate surface area is 117 Å². The predicted octanol–water partition coefficient (Wildman–Crippen LogP) is 0.841. The molecule has 7 heteroatoms. The molecule has 0 saturated heterocycles. The summed E-state index contributed by atoms with van der Waals surface area (Å²) in [4.78, 5) is 12.4. The first-order chi connectivity index (χ1) is 9.86. The van der Waals surface area contributed by atoms with E-state index in [9.17, 15) is 35.4 Å². The Kier molecular flexibility index (Phi) is 2.51. The number of phenolic OH excluding ortho intramolecular Hbond substituents is 5. The van der Waals surface area contributed by atoms with Crippen LogP contribution in [-0.4, -0.2) is 36.4 Å². The van der Waals surface area contributed by atoms with E-state index in [1.54, 1.807) is 0 Å². The van der Waals surface area contributed by atoms with Crippen molar-refractivity contribution in [2.75, 3.05) is 0 Å². The predicted molar refractivity (Wildman–Crippen MR) is 68.7 cm³/mol. The average Bonchev–Trinajstić information content (AvgIpc) is 2.46. The van der Waals surface area contributed by atoms with Crippen LogP contribution in [0.2, 0.25) is 0 Å². The second-order valence-corrected chi connectivity index (χ2v) is 4.65. The second-order valence-electron chi connectivity index (χ2n) is 4.65. The Morgan fingerprint density at radius 1 is 0.810 bits per heavy atom. The smallest absolute Gasteiger partial charge is 0.205 e. The fraction of sp³-hybridized carbons (Fsp3) is 0.0714. The van der Waals surface area contributed by atoms with Gasteiger partial charge in [-0.1, -0.05) is 12.1 Å². The summed E-state index contributed by atoms with van der Waals surface area (Å²) in [6.07, 6.45) is -1.65. The molecule has 1 aliphatic carbocycles. The largest absolute Gasteiger partial charge is 0.508 e. The third kappa shape index (κ3) is 1.49. The summed E-state index contributed by atoms with van der Waals surface area (Å²) in [6.45, 7) is 0. The fourth-order valence-electron chi connectivity index (χ4n) is 2.53. The van der Waals surface area contributed by atoms with Crippen LogP contribution in [0.15, 0.2) is 18.2 Å². The summed E-state index contributed by atoms with van der Waals surface area (Å²) in [5.41, 5.74) is -1.21. The maximum Gasteiger partial charge on any atom is 0.205 e. The molecule has 0 heterocycles. The second kappa shape index (κ2) is 4.03. The molecule has 0 aliphatic heterocycles. The summed E-state index contributed by atoms with van der Waals surface area (Å²) in [6, 6.07) is 3.95. The number of aliphatic hydroxyl groups excluding tert-OH is 1. The molecule has 0 spiro atoms. The average molecular weight is 290 g/mol. The zero-order valence-electron chi connectivity index (χ0n) is 10.4. The third-order valence-corrected chi connectivity index (χ3v) is 3.54. The molecular formula is C14H10O7. The number of ketones is 1. The Morgan fingerprint density at radius 2 is 1.43 bits per heavy atom. The van der Waals surface area contributed by atoms with Gasteiger partial charge >= 0.3 is 0 Å². The van der Waals surface area contributed by atoms with Crippen molar-refractivity contribution < 1.29 is 35.4 Å². The lowest BCUT2D eigenvalue weighted by Crippen LogP contribution is -2.20. The van der Waals surface area contributed by atoms with Gasteiger partial charge in [0.15, 0.2) is 17.3 Å². The molecule has 6 N–H and O–H groups in total. The standard InChI is InChI=1S/C14H10O7/c15-5-3-1-2-4-6(5)10(17)8-7(9(4)16)11(18)13(20)14(21)12(8)19/h1-3,10,15,17-21H. The third-order valence-electron chi connectivity index (χ3n) is 3.54. The van der Waals surface area contributed by atoms with Gasteiger partial charge in [0.2, 0.25) is 11.5 Å². The molecule has 1 unspecified atom stereocenters. The van der Waals surface area contributed by atoms with E-state index in [4.69, 9.17) is 0 Å². The van der Waals surface area contributed by atoms with Crippen molar-refractivity contribution >= 4 is 5.78 Å². The van der Waals surface area contributed by atoms with Gasteiger partial charge in [0.25, 0.3) is 0 Å². The molecule has 1 aliphatic rings. The highest BCUT2D eigenvalue weighted by Gasteiger charge is 2.39. The number of phenols is 5. The normalized spacial score (nSPS) is 16.4. The number of carbonyl (C=O) groups excluding carboxylic acids is 1. The van der Waals surface area contributed by atoms with E-state index in [1.165, 1.54) is 18.2 Å². The number of carbonyl (C=O) groups is 1. The van der Waals surface area contributed by atoms with Gasteiger partial charge in [-0.3, -0.25) is 4.79 Å². The van der Waals surface area contributed by atoms with Gasteiger partial charge in [0.1, 0.15) is 11.9 Å². The molecule has 21 heavy (non-hydrogen) atoms. The number of benzene rings is 2. The lowest BCUT2D eigenvalue weighted by molar-refractivity contribution is 0.101. The maximum absolute atomic E-state index is 12.4. The van der Waals surface area contributed by atoms with Crippen molar-refractivity contribution in [2.45, 2.75) is 6.10 Å². The van der Waals surface area contributed by atoms with Crippen LogP contribution in [0.1, 0.15) is 33.2 Å². The summed E-state index contributed by atoms with van der Waals surface area (Å²) < 4.78 is 0. The first kappa shape index (κ1) is 13.1. The molecule has 7 nitrogen and oxygen atoms in total. The highest BCUT2D eigenvalue weighted by atomic mass is 16.3. The van der Waals surface area contributed by atoms with Crippen molar-refractivity contribution in [1.82, 2.24) is 0 Å². The maximum atomic E-state index is 12.4. The molecule has 108 valence electrons. The van der Waals surface area contributed by atoms with Gasteiger partial charge in [-0.15, -0.1) is 0 Å². The van der Waals surface area contributed by atoms with Crippen LogP contribution in [0.3, 0.4) is 0 Å². The minimum absolute atomic E-state index is 0.0743. The number of aliphatic hydroxyl groups is 1. The molecule has 0 radical (unpaired) electrons. The molecule has 0 saturated carbocycles. The van der Waals surface area contributed by atoms with E-state index in [2.05, 4.69) is 0 Å². The molecule has 0 amide bonds. The summed E-state index contributed by atoms with van der Waals surface area (Å²) in [7, 11) is 0. The molecule has 0 fully saturated rings. The van der Waals surface area contributed by atoms with Gasteiger partial charge < -0.3 is 30.6 Å². The number of aromatic hydroxyl groups is 5. The van der Waals surface area contributed by atoms with Crippen LogP contribution in [0.5, 0.6) is 28.7 Å². The summed E-state index contributed by atoms with van der Waals surface area (Å²) in [5, 5.41) is 58.7. The first-order valence-electron chi connectivity index (χ1n) is 5.90. The summed E-state index contributed by atoms with van der Waals surface area (Å²) in [5.74, 6) is -5.17. The minimum Gasteiger partial charge on any atom is -0.508 e. The zero-order valence-corrected chi connectivity index (χ0v) is 10.4. The molecule has 0 aromatic heterocycles. The van der Waals surface area contributed by atoms with Crippen LogP contribution in [0.4, 0.5) is 0 Å². The Balaban J connectivity index is 2.44. The van der Waals surface area contributed by atoms with Gasteiger partial charge in [-0.05, 0) is 6.07 Å². The van der Waals surface area contributed by atoms with E-state index < -0.39 is 46.0 Å². The van der Waals surface area contributed by atoms with Crippen LogP contribution >= 0.6 is 0 Å². The van der Waals surface area contributed by atoms with Gasteiger partial charge in [-0.25, -0.2) is 0 Å². The topological polar surface area (TPSA) is 138 Å². The fourth-order valence-corrected chi connectivity index (χ4v) is 2.53. The SMILES string of the molecule is O=C1c2cccc(O)c2C(O)c2c(O)c(O)c(O)c(O)c21. The van der Waals surface area contributed by atoms with Crippen LogP contribution in [-0.2, 0) is 0 Å². The van der Waals surface area contributed by atoms with Crippen molar-refractivity contribution in [1.29, 1.82) is 0 Å². The molecule has 0 bridgehead atoms. The molecule has 1 atom stereocenters. The Bertz CT molecular complexity index is 795. The Hall–Kier alpha value is -2.93. The van der Waals surface area contributed by atoms with Gasteiger partial charge in [-0.2, -0.15) is 0 Å². The number of fused-ring (bicyclic) bond motifs is 2. The molecule has 2 aromatic carbocycles. The van der Waals surface area contributed by atoms with Crippen LogP contribution in [0.25, 0.3) is 0 Å². The van der Waals surface area contributed by atoms with Crippen LogP contribution in [0, 0.1) is 0 Å². The van der Waals surface area contributed by atoms with Crippen molar-refractivity contribution in [3.8, 4) is 28.7 Å². The van der Waals surface area contributed by atoms with Crippen molar-refractivity contribution in [2.24, 2.45) is 0 Å². The van der Waals surface area contributed by atoms with E-state index in [-0.39, 0.29) is 16.9 Å². The quantitative estimate of drug-likeness (QED) is 0.312. The molecular weight excluding hydrogens is 280 g/mol. The highest BCUT2D eigenvalue weighted by molar-refractivity contribution is 6.15. The monoisotopic (exact) mass is 290 g/mol. The van der Waals surface area contributed by atoms with E-state index in [0.29, 0.717) is 0 Å². The zero-order chi connectivity index (χ0) is 15.5. The molecule has 3 rings (SSSR count). The number of rotatable bonds is 0. The van der Waals surface area contributed by atoms with Crippen molar-refractivity contribution in [3.05, 3.63) is 40.5 Å². The molecule has 2 aromatic rings. The van der Waals surface area contributed by atoms with Crippen molar-refractivity contribution in [3.63, 3.8) is 0 Å². The first-order valence-corrected chi connectivity index (χ1v) is 5.90. The van der Waals surface area contributed by atoms with Gasteiger partial charge in [0.05, 0.1) is 5.56 Å². The highest BCUT2D eigenvalue weighted by Crippen LogP contribution is 2.53. The van der Waals surface area contributed by atoms with E-state index in [1.807, 2.05) is 0 Å². The lowest BCUT2D eigenvalue weighted by atomic mass is 9.81. The number of hydrogen-bond donors (Lipinski definition) is 6. The minimum atomic E-state index is -1.65.